The second-order valence-corrected chi connectivity index (χ2v) is 1.92. The molecule has 0 spiro atoms. The molecule has 0 bridgehead atoms. The smallest absolute Gasteiger partial charge is 0.351 e. The lowest BCUT2D eigenvalue weighted by molar-refractivity contribution is -0.132. The molecule has 0 aromatic heterocycles. The Labute approximate surface area is 62.8 Å². The maximum absolute atomic E-state index is 10.0. The number of aliphatic carboxylic acids is 1. The Bertz CT molecular complexity index is 194. The summed E-state index contributed by atoms with van der Waals surface area (Å²) in [5.41, 5.74) is 9.64. The molecule has 0 heterocycles. The van der Waals surface area contributed by atoms with E-state index in [-0.39, 0.29) is 10.9 Å². The minimum absolute atomic E-state index is 0.01000. The van der Waals surface area contributed by atoms with E-state index >= 15 is 0 Å². The predicted molar refractivity (Wildman–Crippen MR) is 38.0 cm³/mol. The molecule has 0 aliphatic carbocycles. The van der Waals surface area contributed by atoms with Gasteiger partial charge in [-0.2, -0.15) is 0 Å². The van der Waals surface area contributed by atoms with E-state index in [9.17, 15) is 4.79 Å². The predicted octanol–water partition coefficient (Wildman–Crippen LogP) is -0.0475. The van der Waals surface area contributed by atoms with Crippen molar-refractivity contribution in [3.8, 4) is 0 Å². The molecule has 0 atom stereocenters. The first kappa shape index (κ1) is 8.84. The van der Waals surface area contributed by atoms with E-state index in [1.165, 1.54) is 6.08 Å². The van der Waals surface area contributed by atoms with Crippen LogP contribution in [0.3, 0.4) is 0 Å². The van der Waals surface area contributed by atoms with E-state index in [1.54, 1.807) is 0 Å². The third-order valence-electron chi connectivity index (χ3n) is 0.669. The van der Waals surface area contributed by atoms with Gasteiger partial charge in [-0.15, -0.1) is 0 Å². The summed E-state index contributed by atoms with van der Waals surface area (Å²) in [6.45, 7) is 0. The van der Waals surface area contributed by atoms with Crippen LogP contribution < -0.4 is 11.5 Å². The van der Waals surface area contributed by atoms with Crippen molar-refractivity contribution in [3.63, 3.8) is 0 Å². The first-order valence-electron chi connectivity index (χ1n) is 2.35. The first-order valence-corrected chi connectivity index (χ1v) is 2.73. The van der Waals surface area contributed by atoms with E-state index in [0.29, 0.717) is 0 Å². The highest BCUT2D eigenvalue weighted by molar-refractivity contribution is 6.29. The third kappa shape index (κ3) is 3.80. The van der Waals surface area contributed by atoms with Crippen LogP contribution in [0.1, 0.15) is 0 Å². The summed E-state index contributed by atoms with van der Waals surface area (Å²) in [4.78, 5) is 10.0. The summed E-state index contributed by atoms with van der Waals surface area (Å²) in [6.07, 6.45) is 2.32. The molecule has 0 rings (SSSR count). The average molecular weight is 163 g/mol. The number of halogens is 1. The molecule has 10 heavy (non-hydrogen) atoms. The highest BCUT2D eigenvalue weighted by atomic mass is 35.5. The lowest BCUT2D eigenvalue weighted by atomic mass is 10.4. The van der Waals surface area contributed by atoms with Crippen molar-refractivity contribution in [3.05, 3.63) is 23.0 Å². The number of hydrogen-bond acceptors (Lipinski definition) is 3. The maximum Gasteiger partial charge on any atom is 0.351 e. The topological polar surface area (TPSA) is 89.3 Å². The summed E-state index contributed by atoms with van der Waals surface area (Å²) in [5.74, 6) is -1.20. The average Bonchev–Trinajstić information content (AvgIpc) is 1.82. The quantitative estimate of drug-likeness (QED) is 0.302. The minimum atomic E-state index is -1.20. The molecule has 0 saturated heterocycles. The Balaban J connectivity index is 4.19. The van der Waals surface area contributed by atoms with Crippen molar-refractivity contribution < 1.29 is 9.90 Å². The van der Waals surface area contributed by atoms with Crippen LogP contribution in [0.15, 0.2) is 23.0 Å². The van der Waals surface area contributed by atoms with Crippen molar-refractivity contribution >= 4 is 17.6 Å². The summed E-state index contributed by atoms with van der Waals surface area (Å²) < 4.78 is 0. The van der Waals surface area contributed by atoms with E-state index in [1.807, 2.05) is 0 Å². The second-order valence-electron chi connectivity index (χ2n) is 1.48. The number of carboxylic acid groups (broad SMARTS) is 1. The van der Waals surface area contributed by atoms with Gasteiger partial charge in [-0.05, 0) is 12.2 Å². The number of carboxylic acids is 1. The van der Waals surface area contributed by atoms with Crippen LogP contribution in [-0.4, -0.2) is 11.1 Å². The molecule has 4 nitrogen and oxygen atoms in total. The van der Waals surface area contributed by atoms with Crippen LogP contribution in [0.4, 0.5) is 0 Å². The number of carbonyl (C=O) groups is 1. The van der Waals surface area contributed by atoms with Gasteiger partial charge in [-0.3, -0.25) is 0 Å². The van der Waals surface area contributed by atoms with E-state index in [2.05, 4.69) is 0 Å². The van der Waals surface area contributed by atoms with Crippen molar-refractivity contribution in [1.29, 1.82) is 0 Å². The highest BCUT2D eigenvalue weighted by Gasteiger charge is 1.96. The van der Waals surface area contributed by atoms with Gasteiger partial charge in [-0.25, -0.2) is 4.79 Å². The Hall–Kier alpha value is -1.16. The Morgan fingerprint density at radius 2 is 1.90 bits per heavy atom. The largest absolute Gasteiger partial charge is 0.477 e. The maximum atomic E-state index is 10.0. The summed E-state index contributed by atoms with van der Waals surface area (Å²) in [6, 6.07) is 0. The van der Waals surface area contributed by atoms with Gasteiger partial charge >= 0.3 is 5.97 Å². The van der Waals surface area contributed by atoms with Crippen molar-refractivity contribution in [2.75, 3.05) is 0 Å². The Kier molecular flexibility index (Phi) is 3.35. The van der Waals surface area contributed by atoms with Crippen LogP contribution in [0.25, 0.3) is 0 Å². The molecule has 56 valence electrons. The van der Waals surface area contributed by atoms with Crippen molar-refractivity contribution in [2.24, 2.45) is 11.5 Å². The molecule has 0 saturated carbocycles. The van der Waals surface area contributed by atoms with E-state index in [4.69, 9.17) is 28.2 Å². The van der Waals surface area contributed by atoms with Gasteiger partial charge in [0, 0.05) is 0 Å². The van der Waals surface area contributed by atoms with E-state index < -0.39 is 5.97 Å². The van der Waals surface area contributed by atoms with Crippen LogP contribution in [0, 0.1) is 0 Å². The molecular weight excluding hydrogens is 156 g/mol. The van der Waals surface area contributed by atoms with Gasteiger partial charge in [0.05, 0.1) is 5.16 Å². The molecule has 5 N–H and O–H groups in total. The van der Waals surface area contributed by atoms with Gasteiger partial charge in [0.1, 0.15) is 5.70 Å². The Morgan fingerprint density at radius 1 is 1.40 bits per heavy atom. The first-order chi connectivity index (χ1) is 4.54. The third-order valence-corrected chi connectivity index (χ3v) is 0.795. The molecule has 5 heteroatoms. The summed E-state index contributed by atoms with van der Waals surface area (Å²) in [5, 5.41) is 8.18. The van der Waals surface area contributed by atoms with Gasteiger partial charge in [-0.1, -0.05) is 11.6 Å². The SMILES string of the molecule is N/C(=C\C=C(/N)Cl)C(=O)O. The fourth-order valence-electron chi connectivity index (χ4n) is 0.241. The zero-order valence-electron chi connectivity index (χ0n) is 5.04. The second kappa shape index (κ2) is 3.79. The fourth-order valence-corrected chi connectivity index (χ4v) is 0.304. The lowest BCUT2D eigenvalue weighted by Gasteiger charge is -1.88. The fraction of sp³-hybridized carbons (Fsp3) is 0. The monoisotopic (exact) mass is 162 g/mol. The van der Waals surface area contributed by atoms with Crippen molar-refractivity contribution in [1.82, 2.24) is 0 Å². The number of nitrogens with two attached hydrogens (primary N) is 2. The highest BCUT2D eigenvalue weighted by Crippen LogP contribution is 1.92. The van der Waals surface area contributed by atoms with Crippen LogP contribution in [0.5, 0.6) is 0 Å². The molecule has 0 amide bonds. The van der Waals surface area contributed by atoms with Gasteiger partial charge in [0.2, 0.25) is 0 Å². The zero-order chi connectivity index (χ0) is 8.15. The number of allylic oxidation sites excluding steroid dienone is 2. The molecule has 0 fully saturated rings. The molecule has 0 radical (unpaired) electrons. The lowest BCUT2D eigenvalue weighted by Crippen LogP contribution is -2.09. The molecule has 0 aliphatic heterocycles. The van der Waals surface area contributed by atoms with Crippen LogP contribution in [-0.2, 0) is 4.79 Å². The summed E-state index contributed by atoms with van der Waals surface area (Å²) in [7, 11) is 0. The van der Waals surface area contributed by atoms with Crippen LogP contribution >= 0.6 is 11.6 Å². The number of hydrogen-bond donors (Lipinski definition) is 3. The minimum Gasteiger partial charge on any atom is -0.477 e. The molecule has 0 aromatic rings. The molecule has 0 aliphatic rings. The molecular formula is C5H7ClN2O2. The van der Waals surface area contributed by atoms with Gasteiger partial charge in [0.25, 0.3) is 0 Å². The Morgan fingerprint density at radius 3 is 2.20 bits per heavy atom. The van der Waals surface area contributed by atoms with E-state index in [0.717, 1.165) is 6.08 Å². The number of rotatable bonds is 2. The standard InChI is InChI=1S/C5H7ClN2O2/c6-4(8)2-1-3(7)5(9)10/h1-2H,7-8H2,(H,9,10)/b3-1-,4-2-. The summed E-state index contributed by atoms with van der Waals surface area (Å²) >= 11 is 5.17. The normalized spacial score (nSPS) is 13.3. The molecule has 0 aromatic carbocycles. The van der Waals surface area contributed by atoms with Crippen molar-refractivity contribution in [2.45, 2.75) is 0 Å². The zero-order valence-corrected chi connectivity index (χ0v) is 5.80. The van der Waals surface area contributed by atoms with Gasteiger partial charge < -0.3 is 16.6 Å². The van der Waals surface area contributed by atoms with Gasteiger partial charge in [0.15, 0.2) is 0 Å². The van der Waals surface area contributed by atoms with Crippen LogP contribution in [0.2, 0.25) is 0 Å². The molecule has 0 unspecified atom stereocenters.